The molecule has 0 saturated heterocycles. The molecule has 3 heteroatoms. The molecule has 1 aromatic carbocycles. The molecule has 17 heavy (non-hydrogen) atoms. The Morgan fingerprint density at radius 2 is 1.94 bits per heavy atom. The summed E-state index contributed by atoms with van der Waals surface area (Å²) in [5.74, 6) is 0.914. The number of nitrogens with zero attached hydrogens (tertiary/aromatic N) is 1. The van der Waals surface area contributed by atoms with Crippen molar-refractivity contribution >= 4 is 0 Å². The standard InChI is InChI=1S/C14H16N2O/c1-17-14-6-2-4-12(8-14)9-16-11-13-5-3-7-15-10-13/h2-8,10,16H,9,11H2,1H3/p+1. The number of benzene rings is 1. The molecule has 1 heterocycles. The maximum Gasteiger partial charge on any atom is 0.119 e. The summed E-state index contributed by atoms with van der Waals surface area (Å²) >= 11 is 0. The Morgan fingerprint density at radius 1 is 1.12 bits per heavy atom. The van der Waals surface area contributed by atoms with Gasteiger partial charge in [-0.15, -0.1) is 0 Å². The summed E-state index contributed by atoms with van der Waals surface area (Å²) in [5.41, 5.74) is 2.52. The number of nitrogens with two attached hydrogens (primary N) is 1. The first-order valence-electron chi connectivity index (χ1n) is 5.72. The van der Waals surface area contributed by atoms with E-state index in [9.17, 15) is 0 Å². The molecule has 0 unspecified atom stereocenters. The van der Waals surface area contributed by atoms with Crippen molar-refractivity contribution in [3.63, 3.8) is 0 Å². The Balaban J connectivity index is 1.86. The van der Waals surface area contributed by atoms with Crippen LogP contribution in [0.2, 0.25) is 0 Å². The van der Waals surface area contributed by atoms with E-state index in [1.165, 1.54) is 11.1 Å². The summed E-state index contributed by atoms with van der Waals surface area (Å²) in [7, 11) is 1.69. The Bertz CT molecular complexity index is 457. The Kier molecular flexibility index (Phi) is 4.11. The highest BCUT2D eigenvalue weighted by Crippen LogP contribution is 2.11. The smallest absolute Gasteiger partial charge is 0.119 e. The number of ether oxygens (including phenoxy) is 1. The molecule has 0 aliphatic carbocycles. The first kappa shape index (κ1) is 11.6. The van der Waals surface area contributed by atoms with E-state index in [4.69, 9.17) is 4.74 Å². The van der Waals surface area contributed by atoms with E-state index in [-0.39, 0.29) is 0 Å². The largest absolute Gasteiger partial charge is 0.497 e. The fourth-order valence-corrected chi connectivity index (χ4v) is 1.72. The first-order valence-corrected chi connectivity index (χ1v) is 5.72. The van der Waals surface area contributed by atoms with Crippen molar-refractivity contribution in [2.75, 3.05) is 7.11 Å². The zero-order valence-electron chi connectivity index (χ0n) is 9.97. The van der Waals surface area contributed by atoms with Crippen LogP contribution in [-0.4, -0.2) is 12.1 Å². The second-order valence-electron chi connectivity index (χ2n) is 3.91. The second-order valence-corrected chi connectivity index (χ2v) is 3.91. The van der Waals surface area contributed by atoms with Crippen LogP contribution in [0, 0.1) is 0 Å². The van der Waals surface area contributed by atoms with E-state index in [0.29, 0.717) is 0 Å². The Morgan fingerprint density at radius 3 is 2.71 bits per heavy atom. The lowest BCUT2D eigenvalue weighted by molar-refractivity contribution is -0.686. The predicted molar refractivity (Wildman–Crippen MR) is 66.6 cm³/mol. The summed E-state index contributed by atoms with van der Waals surface area (Å²) in [6.07, 6.45) is 3.70. The van der Waals surface area contributed by atoms with Crippen molar-refractivity contribution in [1.82, 2.24) is 4.98 Å². The van der Waals surface area contributed by atoms with Crippen LogP contribution in [-0.2, 0) is 13.1 Å². The van der Waals surface area contributed by atoms with Gasteiger partial charge >= 0.3 is 0 Å². The molecule has 0 aliphatic rings. The summed E-state index contributed by atoms with van der Waals surface area (Å²) in [6, 6.07) is 12.2. The third-order valence-electron chi connectivity index (χ3n) is 2.62. The van der Waals surface area contributed by atoms with Gasteiger partial charge in [0, 0.05) is 23.5 Å². The lowest BCUT2D eigenvalue weighted by Crippen LogP contribution is -2.80. The molecule has 2 aromatic rings. The van der Waals surface area contributed by atoms with Gasteiger partial charge in [0.05, 0.1) is 7.11 Å². The molecule has 1 aromatic heterocycles. The quantitative estimate of drug-likeness (QED) is 0.840. The van der Waals surface area contributed by atoms with Gasteiger partial charge in [-0.3, -0.25) is 4.98 Å². The fraction of sp³-hybridized carbons (Fsp3) is 0.214. The van der Waals surface area contributed by atoms with E-state index in [1.807, 2.05) is 24.4 Å². The maximum absolute atomic E-state index is 5.20. The highest BCUT2D eigenvalue weighted by atomic mass is 16.5. The van der Waals surface area contributed by atoms with Gasteiger partial charge in [-0.2, -0.15) is 0 Å². The van der Waals surface area contributed by atoms with Crippen LogP contribution in [0.15, 0.2) is 48.8 Å². The van der Waals surface area contributed by atoms with Crippen molar-refractivity contribution < 1.29 is 10.1 Å². The van der Waals surface area contributed by atoms with Crippen LogP contribution in [0.4, 0.5) is 0 Å². The predicted octanol–water partition coefficient (Wildman–Crippen LogP) is 1.35. The normalized spacial score (nSPS) is 10.2. The minimum absolute atomic E-state index is 0.914. The highest BCUT2D eigenvalue weighted by molar-refractivity contribution is 5.27. The Labute approximate surface area is 101 Å². The topological polar surface area (TPSA) is 38.7 Å². The number of hydrogen-bond acceptors (Lipinski definition) is 2. The third-order valence-corrected chi connectivity index (χ3v) is 2.62. The molecule has 3 nitrogen and oxygen atoms in total. The van der Waals surface area contributed by atoms with Gasteiger partial charge in [-0.25, -0.2) is 0 Å². The Hall–Kier alpha value is -1.87. The van der Waals surface area contributed by atoms with Crippen LogP contribution in [0.5, 0.6) is 5.75 Å². The van der Waals surface area contributed by atoms with Crippen LogP contribution < -0.4 is 10.1 Å². The molecule has 0 saturated carbocycles. The molecule has 0 fully saturated rings. The lowest BCUT2D eigenvalue weighted by atomic mass is 10.2. The molecule has 0 spiro atoms. The summed E-state index contributed by atoms with van der Waals surface area (Å²) in [4.78, 5) is 4.10. The fourth-order valence-electron chi connectivity index (χ4n) is 1.72. The zero-order valence-corrected chi connectivity index (χ0v) is 9.97. The number of aromatic nitrogens is 1. The minimum atomic E-state index is 0.914. The van der Waals surface area contributed by atoms with Crippen molar-refractivity contribution in [2.45, 2.75) is 13.1 Å². The van der Waals surface area contributed by atoms with Crippen molar-refractivity contribution in [1.29, 1.82) is 0 Å². The van der Waals surface area contributed by atoms with E-state index in [0.717, 1.165) is 18.8 Å². The SMILES string of the molecule is COc1cccc(C[NH2+]Cc2cccnc2)c1. The molecule has 88 valence electrons. The molecule has 0 radical (unpaired) electrons. The number of pyridine rings is 1. The average molecular weight is 229 g/mol. The van der Waals surface area contributed by atoms with Gasteiger partial charge in [-0.05, 0) is 18.2 Å². The first-order chi connectivity index (χ1) is 8.38. The summed E-state index contributed by atoms with van der Waals surface area (Å²) in [6.45, 7) is 1.90. The second kappa shape index (κ2) is 6.01. The lowest BCUT2D eigenvalue weighted by Gasteiger charge is -2.04. The molecule has 2 rings (SSSR count). The number of hydrogen-bond donors (Lipinski definition) is 1. The molecule has 0 atom stereocenters. The van der Waals surface area contributed by atoms with Crippen LogP contribution in [0.25, 0.3) is 0 Å². The number of methoxy groups -OCH3 is 1. The van der Waals surface area contributed by atoms with E-state index in [2.05, 4.69) is 28.5 Å². The molecule has 0 aliphatic heterocycles. The number of rotatable bonds is 5. The number of quaternary nitrogens is 1. The van der Waals surface area contributed by atoms with Crippen LogP contribution in [0.1, 0.15) is 11.1 Å². The monoisotopic (exact) mass is 229 g/mol. The molecule has 0 amide bonds. The zero-order chi connectivity index (χ0) is 11.9. The van der Waals surface area contributed by atoms with Gasteiger partial charge in [-0.1, -0.05) is 18.2 Å². The maximum atomic E-state index is 5.20. The molecular formula is C14H17N2O+. The van der Waals surface area contributed by atoms with Crippen molar-refractivity contribution in [2.24, 2.45) is 0 Å². The average Bonchev–Trinajstić information content (AvgIpc) is 2.40. The minimum Gasteiger partial charge on any atom is -0.497 e. The van der Waals surface area contributed by atoms with Gasteiger partial charge in [0.2, 0.25) is 0 Å². The summed E-state index contributed by atoms with van der Waals surface area (Å²) < 4.78 is 5.20. The van der Waals surface area contributed by atoms with Crippen molar-refractivity contribution in [3.05, 3.63) is 59.9 Å². The third kappa shape index (κ3) is 3.57. The van der Waals surface area contributed by atoms with Gasteiger partial charge < -0.3 is 10.1 Å². The highest BCUT2D eigenvalue weighted by Gasteiger charge is 1.99. The van der Waals surface area contributed by atoms with Gasteiger partial charge in [0.1, 0.15) is 18.8 Å². The summed E-state index contributed by atoms with van der Waals surface area (Å²) in [5, 5.41) is 2.26. The molecular weight excluding hydrogens is 212 g/mol. The van der Waals surface area contributed by atoms with Crippen LogP contribution >= 0.6 is 0 Å². The van der Waals surface area contributed by atoms with Gasteiger partial charge in [0.25, 0.3) is 0 Å². The molecule has 0 bridgehead atoms. The van der Waals surface area contributed by atoms with Gasteiger partial charge in [0.15, 0.2) is 0 Å². The van der Waals surface area contributed by atoms with E-state index in [1.54, 1.807) is 13.3 Å². The molecule has 2 N–H and O–H groups in total. The van der Waals surface area contributed by atoms with E-state index < -0.39 is 0 Å². The van der Waals surface area contributed by atoms with Crippen LogP contribution in [0.3, 0.4) is 0 Å². The van der Waals surface area contributed by atoms with Crippen molar-refractivity contribution in [3.8, 4) is 5.75 Å². The van der Waals surface area contributed by atoms with E-state index >= 15 is 0 Å².